The number of rotatable bonds is 4. The summed E-state index contributed by atoms with van der Waals surface area (Å²) in [5.41, 5.74) is 5.33. The van der Waals surface area contributed by atoms with Crippen molar-refractivity contribution in [3.63, 3.8) is 0 Å². The van der Waals surface area contributed by atoms with E-state index in [4.69, 9.17) is 14.5 Å². The van der Waals surface area contributed by atoms with Crippen molar-refractivity contribution in [3.05, 3.63) is 59.8 Å². The number of nitrogens with zero attached hydrogens (tertiary/aromatic N) is 3. The Morgan fingerprint density at radius 3 is 2.56 bits per heavy atom. The zero-order valence-corrected chi connectivity index (χ0v) is 19.7. The summed E-state index contributed by atoms with van der Waals surface area (Å²) < 4.78 is 10.6. The van der Waals surface area contributed by atoms with Crippen LogP contribution in [0.4, 0.5) is 16.4 Å². The Hall–Kier alpha value is -3.81. The van der Waals surface area contributed by atoms with Gasteiger partial charge in [-0.3, -0.25) is 0 Å². The quantitative estimate of drug-likeness (QED) is 0.604. The molecule has 1 aromatic heterocycles. The SMILES string of the molecule is CNc1ncc2c(n1)-c1ccccc1C1(CCN(C(=O)Nc3ccc(OC)c(OC)c3)CC1)C2. The fraction of sp³-hybridized carbons (Fsp3) is 0.346. The van der Waals surface area contributed by atoms with Crippen LogP contribution in [-0.4, -0.2) is 55.3 Å². The second-order valence-electron chi connectivity index (χ2n) is 8.81. The number of anilines is 2. The Morgan fingerprint density at radius 2 is 1.82 bits per heavy atom. The Kier molecular flexibility index (Phi) is 5.73. The number of fused-ring (bicyclic) bond motifs is 4. The summed E-state index contributed by atoms with van der Waals surface area (Å²) in [6.45, 7) is 1.36. The van der Waals surface area contributed by atoms with E-state index in [1.165, 1.54) is 16.7 Å². The van der Waals surface area contributed by atoms with E-state index in [2.05, 4.69) is 39.9 Å². The molecule has 1 saturated heterocycles. The van der Waals surface area contributed by atoms with Crippen LogP contribution in [0.5, 0.6) is 11.5 Å². The second-order valence-corrected chi connectivity index (χ2v) is 8.81. The minimum atomic E-state index is -0.103. The van der Waals surface area contributed by atoms with Gasteiger partial charge in [0, 0.05) is 49.1 Å². The van der Waals surface area contributed by atoms with Crippen LogP contribution in [0.25, 0.3) is 11.3 Å². The van der Waals surface area contributed by atoms with Crippen LogP contribution in [0.1, 0.15) is 24.0 Å². The first kappa shape index (κ1) is 22.0. The Balaban J connectivity index is 1.34. The van der Waals surface area contributed by atoms with Gasteiger partial charge in [-0.15, -0.1) is 0 Å². The van der Waals surface area contributed by atoms with Crippen molar-refractivity contribution in [1.29, 1.82) is 0 Å². The molecule has 1 spiro atoms. The lowest BCUT2D eigenvalue weighted by molar-refractivity contribution is 0.166. The minimum Gasteiger partial charge on any atom is -0.493 e. The first-order valence-electron chi connectivity index (χ1n) is 11.5. The number of hydrogen-bond acceptors (Lipinski definition) is 6. The van der Waals surface area contributed by atoms with E-state index in [-0.39, 0.29) is 11.4 Å². The van der Waals surface area contributed by atoms with E-state index >= 15 is 0 Å². The fourth-order valence-corrected chi connectivity index (χ4v) is 5.20. The summed E-state index contributed by atoms with van der Waals surface area (Å²) in [4.78, 5) is 24.1. The zero-order chi connectivity index (χ0) is 23.7. The van der Waals surface area contributed by atoms with Crippen LogP contribution in [0, 0.1) is 0 Å². The van der Waals surface area contributed by atoms with Crippen LogP contribution >= 0.6 is 0 Å². The molecule has 2 amide bonds. The van der Waals surface area contributed by atoms with E-state index in [9.17, 15) is 4.79 Å². The third kappa shape index (κ3) is 3.79. The molecule has 8 heteroatoms. The number of likely N-dealkylation sites (tertiary alicyclic amines) is 1. The van der Waals surface area contributed by atoms with E-state index in [0.29, 0.717) is 36.2 Å². The highest BCUT2D eigenvalue weighted by molar-refractivity contribution is 5.90. The molecule has 0 radical (unpaired) electrons. The van der Waals surface area contributed by atoms with E-state index < -0.39 is 0 Å². The number of hydrogen-bond donors (Lipinski definition) is 2. The molecule has 2 N–H and O–H groups in total. The first-order chi connectivity index (χ1) is 16.6. The van der Waals surface area contributed by atoms with Gasteiger partial charge in [0.2, 0.25) is 5.95 Å². The minimum absolute atomic E-state index is 0.0196. The normalized spacial score (nSPS) is 15.8. The van der Waals surface area contributed by atoms with E-state index in [1.807, 2.05) is 24.2 Å². The third-order valence-corrected chi connectivity index (χ3v) is 7.01. The Morgan fingerprint density at radius 1 is 1.06 bits per heavy atom. The van der Waals surface area contributed by atoms with Gasteiger partial charge in [0.15, 0.2) is 11.5 Å². The fourth-order valence-electron chi connectivity index (χ4n) is 5.20. The predicted octanol–water partition coefficient (Wildman–Crippen LogP) is 4.32. The van der Waals surface area contributed by atoms with Gasteiger partial charge in [-0.05, 0) is 42.5 Å². The molecule has 34 heavy (non-hydrogen) atoms. The summed E-state index contributed by atoms with van der Waals surface area (Å²) in [5.74, 6) is 1.84. The highest BCUT2D eigenvalue weighted by Crippen LogP contribution is 2.48. The standard InChI is InChI=1S/C26H29N5O3/c1-27-24-28-16-17-15-26(20-7-5-4-6-19(20)23(17)30-24)10-12-31(13-11-26)25(32)29-18-8-9-21(33-2)22(14-18)34-3/h4-9,14,16H,10-13,15H2,1-3H3,(H,29,32)(H,27,28,30). The van der Waals surface area contributed by atoms with Gasteiger partial charge >= 0.3 is 6.03 Å². The van der Waals surface area contributed by atoms with Crippen molar-refractivity contribution >= 4 is 17.7 Å². The lowest BCUT2D eigenvalue weighted by Gasteiger charge is -2.45. The van der Waals surface area contributed by atoms with Gasteiger partial charge in [-0.2, -0.15) is 0 Å². The van der Waals surface area contributed by atoms with Crippen molar-refractivity contribution in [3.8, 4) is 22.8 Å². The number of urea groups is 1. The number of benzene rings is 2. The number of amides is 2. The maximum absolute atomic E-state index is 13.0. The van der Waals surface area contributed by atoms with Gasteiger partial charge in [0.1, 0.15) is 0 Å². The molecule has 2 heterocycles. The van der Waals surface area contributed by atoms with Crippen LogP contribution in [0.3, 0.4) is 0 Å². The maximum Gasteiger partial charge on any atom is 0.321 e. The molecule has 0 unspecified atom stereocenters. The smallest absolute Gasteiger partial charge is 0.321 e. The Bertz CT molecular complexity index is 1220. The summed E-state index contributed by atoms with van der Waals surface area (Å²) in [6.07, 6.45) is 4.60. The maximum atomic E-state index is 13.0. The lowest BCUT2D eigenvalue weighted by atomic mass is 9.64. The van der Waals surface area contributed by atoms with Gasteiger partial charge < -0.3 is 25.0 Å². The molecular formula is C26H29N5O3. The number of methoxy groups -OCH3 is 2. The van der Waals surface area contributed by atoms with Gasteiger partial charge in [-0.1, -0.05) is 24.3 Å². The number of nitrogens with one attached hydrogen (secondary N) is 2. The van der Waals surface area contributed by atoms with Gasteiger partial charge in [0.05, 0.1) is 19.9 Å². The van der Waals surface area contributed by atoms with Crippen LogP contribution in [-0.2, 0) is 11.8 Å². The predicted molar refractivity (Wildman–Crippen MR) is 132 cm³/mol. The number of aromatic nitrogens is 2. The third-order valence-electron chi connectivity index (χ3n) is 7.01. The Labute approximate surface area is 199 Å². The number of ether oxygens (including phenoxy) is 2. The lowest BCUT2D eigenvalue weighted by Crippen LogP contribution is -2.48. The summed E-state index contributed by atoms with van der Waals surface area (Å²) in [6, 6.07) is 13.8. The molecule has 3 aromatic rings. The van der Waals surface area contributed by atoms with Crippen LogP contribution in [0.2, 0.25) is 0 Å². The van der Waals surface area contributed by atoms with Crippen LogP contribution < -0.4 is 20.1 Å². The summed E-state index contributed by atoms with van der Waals surface area (Å²) >= 11 is 0. The average Bonchev–Trinajstić information content (AvgIpc) is 2.89. The summed E-state index contributed by atoms with van der Waals surface area (Å²) in [5, 5.41) is 6.04. The molecule has 0 saturated carbocycles. The van der Waals surface area contributed by atoms with Gasteiger partial charge in [-0.25, -0.2) is 14.8 Å². The van der Waals surface area contributed by atoms with E-state index in [0.717, 1.165) is 25.0 Å². The molecule has 0 atom stereocenters. The zero-order valence-electron chi connectivity index (χ0n) is 19.7. The molecule has 1 fully saturated rings. The highest BCUT2D eigenvalue weighted by Gasteiger charge is 2.42. The summed E-state index contributed by atoms with van der Waals surface area (Å²) in [7, 11) is 5.01. The number of carbonyl (C=O) groups excluding carboxylic acids is 1. The first-order valence-corrected chi connectivity index (χ1v) is 11.5. The molecule has 0 bridgehead atoms. The van der Waals surface area contributed by atoms with Crippen molar-refractivity contribution in [2.24, 2.45) is 0 Å². The van der Waals surface area contributed by atoms with Crippen molar-refractivity contribution in [2.45, 2.75) is 24.7 Å². The monoisotopic (exact) mass is 459 g/mol. The average molecular weight is 460 g/mol. The van der Waals surface area contributed by atoms with Crippen molar-refractivity contribution in [2.75, 3.05) is 45.0 Å². The number of carbonyl (C=O) groups is 1. The largest absolute Gasteiger partial charge is 0.493 e. The highest BCUT2D eigenvalue weighted by atomic mass is 16.5. The molecule has 176 valence electrons. The topological polar surface area (TPSA) is 88.6 Å². The van der Waals surface area contributed by atoms with Crippen molar-refractivity contribution < 1.29 is 14.3 Å². The molecule has 8 nitrogen and oxygen atoms in total. The molecule has 2 aromatic carbocycles. The molecule has 5 rings (SSSR count). The molecule has 1 aliphatic heterocycles. The second kappa shape index (κ2) is 8.85. The molecule has 2 aliphatic rings. The molecule has 1 aliphatic carbocycles. The van der Waals surface area contributed by atoms with E-state index in [1.54, 1.807) is 26.4 Å². The number of piperidine rings is 1. The van der Waals surface area contributed by atoms with Crippen LogP contribution in [0.15, 0.2) is 48.7 Å². The van der Waals surface area contributed by atoms with Crippen molar-refractivity contribution in [1.82, 2.24) is 14.9 Å². The molecular weight excluding hydrogens is 430 g/mol. The van der Waals surface area contributed by atoms with Gasteiger partial charge in [0.25, 0.3) is 0 Å².